The van der Waals surface area contributed by atoms with E-state index in [-0.39, 0.29) is 5.60 Å². The third kappa shape index (κ3) is 7.08. The summed E-state index contributed by atoms with van der Waals surface area (Å²) in [4.78, 5) is 14.1. The fraction of sp³-hybridized carbons (Fsp3) is 0.400. The third-order valence-electron chi connectivity index (χ3n) is 6.16. The summed E-state index contributed by atoms with van der Waals surface area (Å²) in [5, 5.41) is 7.26. The van der Waals surface area contributed by atoms with Gasteiger partial charge in [0, 0.05) is 40.5 Å². The van der Waals surface area contributed by atoms with Gasteiger partial charge in [0.15, 0.2) is 0 Å². The number of fused-ring (bicyclic) bond motifs is 2. The van der Waals surface area contributed by atoms with Crippen LogP contribution in [0.4, 0.5) is 5.69 Å². The highest BCUT2D eigenvalue weighted by Crippen LogP contribution is 2.35. The molecule has 1 fully saturated rings. The number of furan rings is 1. The number of hydrogen-bond acceptors (Lipinski definition) is 6. The lowest BCUT2D eigenvalue weighted by Gasteiger charge is -2.25. The van der Waals surface area contributed by atoms with Gasteiger partial charge in [0.05, 0.1) is 0 Å². The Bertz CT molecular complexity index is 1230. The minimum absolute atomic E-state index is 0.318. The summed E-state index contributed by atoms with van der Waals surface area (Å²) in [6.07, 6.45) is 10.4. The first-order chi connectivity index (χ1) is 17.3. The van der Waals surface area contributed by atoms with Crippen LogP contribution in [-0.4, -0.2) is 30.1 Å². The number of carbonyl (C=O) groups excluding carboxylic acids is 1. The van der Waals surface area contributed by atoms with Crippen molar-refractivity contribution in [2.75, 3.05) is 12.4 Å². The number of aromatic nitrogens is 1. The molecule has 2 aromatic carbocycles. The van der Waals surface area contributed by atoms with Crippen LogP contribution < -0.4 is 11.1 Å². The molecule has 6 heteroatoms. The molecule has 1 saturated carbocycles. The summed E-state index contributed by atoms with van der Waals surface area (Å²) in [7, 11) is 1.50. The first kappa shape index (κ1) is 27.2. The number of anilines is 1. The number of nitrogens with two attached hydrogens (primary N) is 1. The lowest BCUT2D eigenvalue weighted by molar-refractivity contribution is -0.138. The fourth-order valence-electron chi connectivity index (χ4n) is 4.41. The zero-order chi connectivity index (χ0) is 26.1. The van der Waals surface area contributed by atoms with Crippen molar-refractivity contribution in [3.8, 4) is 11.3 Å². The highest BCUT2D eigenvalue weighted by molar-refractivity contribution is 5.99. The Morgan fingerprint density at radius 1 is 1.03 bits per heavy atom. The minimum Gasteiger partial charge on any atom is -0.462 e. The number of carbonyl (C=O) groups is 1. The molecule has 0 spiro atoms. The predicted molar refractivity (Wildman–Crippen MR) is 149 cm³/mol. The molecule has 6 nitrogen and oxygen atoms in total. The number of para-hydroxylation sites is 1. The Morgan fingerprint density at radius 3 is 2.39 bits per heavy atom. The zero-order valence-electron chi connectivity index (χ0n) is 22.1. The molecule has 0 bridgehead atoms. The van der Waals surface area contributed by atoms with Crippen LogP contribution in [-0.2, 0) is 9.53 Å². The largest absolute Gasteiger partial charge is 0.462 e. The van der Waals surface area contributed by atoms with E-state index >= 15 is 0 Å². The second-order valence-corrected chi connectivity index (χ2v) is 10.0. The van der Waals surface area contributed by atoms with Crippen LogP contribution in [0.3, 0.4) is 0 Å². The number of pyridine rings is 1. The van der Waals surface area contributed by atoms with Crippen LogP contribution in [0.1, 0.15) is 58.4 Å². The van der Waals surface area contributed by atoms with Crippen molar-refractivity contribution in [3.05, 3.63) is 60.4 Å². The predicted octanol–water partition coefficient (Wildman–Crippen LogP) is 7.23. The van der Waals surface area contributed by atoms with Crippen LogP contribution in [0.2, 0.25) is 0 Å². The van der Waals surface area contributed by atoms with Gasteiger partial charge in [-0.25, -0.2) is 0 Å². The minimum atomic E-state index is -0.318. The van der Waals surface area contributed by atoms with E-state index in [4.69, 9.17) is 4.42 Å². The molecule has 0 atom stereocenters. The Kier molecular flexibility index (Phi) is 9.48. The van der Waals surface area contributed by atoms with Crippen LogP contribution in [0.5, 0.6) is 0 Å². The molecule has 0 radical (unpaired) electrons. The molecule has 2 aromatic heterocycles. The second-order valence-electron chi connectivity index (χ2n) is 10.0. The van der Waals surface area contributed by atoms with Gasteiger partial charge in [0.1, 0.15) is 16.9 Å². The molecule has 4 aromatic rings. The van der Waals surface area contributed by atoms with Crippen molar-refractivity contribution in [1.29, 1.82) is 0 Å². The topological polar surface area (TPSA) is 90.4 Å². The second kappa shape index (κ2) is 12.5. The number of nitrogens with zero attached hydrogens (tertiary/aromatic N) is 1. The monoisotopic (exact) mass is 489 g/mol. The standard InChI is InChI=1S/C24H24N2O.C5H10O2.CH5N/c1-16-11-18-14-25-15-21(24-12-17-7-5-6-10-23(17)27-24)20(18)13-22(16)26-19-8-3-2-4-9-19;1-5(2,3)7-4-6;1-2/h5-7,10-15,19,26H,2-4,8-9H2,1H3;4H,1-3H3;2H2,1H3. The van der Waals surface area contributed by atoms with E-state index in [0.29, 0.717) is 12.5 Å². The Morgan fingerprint density at radius 2 is 1.75 bits per heavy atom. The first-order valence-corrected chi connectivity index (χ1v) is 12.7. The maximum absolute atomic E-state index is 9.60. The van der Waals surface area contributed by atoms with Crippen molar-refractivity contribution in [2.24, 2.45) is 5.73 Å². The quantitative estimate of drug-likeness (QED) is 0.294. The molecule has 192 valence electrons. The third-order valence-corrected chi connectivity index (χ3v) is 6.16. The maximum atomic E-state index is 9.60. The van der Waals surface area contributed by atoms with Crippen molar-refractivity contribution < 1.29 is 13.9 Å². The van der Waals surface area contributed by atoms with Crippen LogP contribution in [0.15, 0.2) is 59.3 Å². The molecule has 2 heterocycles. The molecular weight excluding hydrogens is 450 g/mol. The summed E-state index contributed by atoms with van der Waals surface area (Å²) in [6, 6.07) is 15.4. The Hall–Kier alpha value is -3.38. The molecule has 0 amide bonds. The summed E-state index contributed by atoms with van der Waals surface area (Å²) in [5.41, 5.74) is 8.66. The molecular formula is C30H39N3O3. The smallest absolute Gasteiger partial charge is 0.293 e. The molecule has 1 aliphatic carbocycles. The zero-order valence-corrected chi connectivity index (χ0v) is 22.1. The first-order valence-electron chi connectivity index (χ1n) is 12.7. The maximum Gasteiger partial charge on any atom is 0.293 e. The van der Waals surface area contributed by atoms with Gasteiger partial charge in [-0.15, -0.1) is 0 Å². The number of aryl methyl sites for hydroxylation is 1. The van der Waals surface area contributed by atoms with Crippen molar-refractivity contribution in [1.82, 2.24) is 4.98 Å². The fourth-order valence-corrected chi connectivity index (χ4v) is 4.41. The van der Waals surface area contributed by atoms with Gasteiger partial charge >= 0.3 is 0 Å². The molecule has 3 N–H and O–H groups in total. The van der Waals surface area contributed by atoms with E-state index in [1.807, 2.05) is 51.4 Å². The van der Waals surface area contributed by atoms with Gasteiger partial charge in [-0.2, -0.15) is 0 Å². The molecule has 0 saturated heterocycles. The molecule has 0 unspecified atom stereocenters. The SMILES string of the molecule is CC(C)(C)OC=O.CN.Cc1cc2cncc(-c3cc4ccccc4o3)c2cc1NC1CCCCC1. The van der Waals surface area contributed by atoms with Crippen LogP contribution in [0, 0.1) is 6.92 Å². The van der Waals surface area contributed by atoms with Gasteiger partial charge in [-0.1, -0.05) is 37.5 Å². The number of benzene rings is 2. The number of nitrogens with one attached hydrogen (secondary N) is 1. The van der Waals surface area contributed by atoms with Gasteiger partial charge in [0.2, 0.25) is 0 Å². The Balaban J connectivity index is 0.000000350. The van der Waals surface area contributed by atoms with E-state index in [2.05, 4.69) is 52.0 Å². The van der Waals surface area contributed by atoms with E-state index in [1.54, 1.807) is 0 Å². The molecule has 36 heavy (non-hydrogen) atoms. The van der Waals surface area contributed by atoms with Gasteiger partial charge in [0.25, 0.3) is 6.47 Å². The van der Waals surface area contributed by atoms with Crippen molar-refractivity contribution in [2.45, 2.75) is 71.4 Å². The van der Waals surface area contributed by atoms with Crippen molar-refractivity contribution >= 4 is 33.9 Å². The van der Waals surface area contributed by atoms with Gasteiger partial charge in [-0.05, 0) is 82.8 Å². The van der Waals surface area contributed by atoms with E-state index in [9.17, 15) is 4.79 Å². The lowest BCUT2D eigenvalue weighted by atomic mass is 9.94. The van der Waals surface area contributed by atoms with E-state index in [1.165, 1.54) is 55.8 Å². The highest BCUT2D eigenvalue weighted by atomic mass is 16.5. The number of rotatable bonds is 4. The highest BCUT2D eigenvalue weighted by Gasteiger charge is 2.16. The Labute approximate surface area is 214 Å². The number of hydrogen-bond donors (Lipinski definition) is 2. The van der Waals surface area contributed by atoms with Gasteiger partial charge in [-0.3, -0.25) is 9.78 Å². The normalized spacial score (nSPS) is 13.8. The van der Waals surface area contributed by atoms with Crippen molar-refractivity contribution in [3.63, 3.8) is 0 Å². The van der Waals surface area contributed by atoms with E-state index in [0.717, 1.165) is 27.7 Å². The summed E-state index contributed by atoms with van der Waals surface area (Å²) in [5.74, 6) is 0.877. The molecule has 1 aliphatic rings. The summed E-state index contributed by atoms with van der Waals surface area (Å²) < 4.78 is 10.7. The van der Waals surface area contributed by atoms with Crippen LogP contribution >= 0.6 is 0 Å². The number of ether oxygens (including phenoxy) is 1. The molecule has 0 aliphatic heterocycles. The van der Waals surface area contributed by atoms with E-state index < -0.39 is 0 Å². The molecule has 5 rings (SSSR count). The van der Waals surface area contributed by atoms with Crippen LogP contribution in [0.25, 0.3) is 33.1 Å². The summed E-state index contributed by atoms with van der Waals surface area (Å²) >= 11 is 0. The summed E-state index contributed by atoms with van der Waals surface area (Å²) in [6.45, 7) is 8.10. The average Bonchev–Trinajstić information content (AvgIpc) is 3.30. The lowest BCUT2D eigenvalue weighted by Crippen LogP contribution is -2.22. The van der Waals surface area contributed by atoms with Gasteiger partial charge < -0.3 is 20.2 Å². The average molecular weight is 490 g/mol.